The van der Waals surface area contributed by atoms with E-state index in [0.717, 1.165) is 30.6 Å². The van der Waals surface area contributed by atoms with E-state index in [1.807, 2.05) is 0 Å². The number of piperidine rings is 1. The fourth-order valence-electron chi connectivity index (χ4n) is 6.01. The maximum Gasteiger partial charge on any atom is 0.362 e. The molecule has 2 heterocycles. The fraction of sp³-hybridized carbons (Fsp3) is 0.606. The molecular weight excluding hydrogens is 651 g/mol. The summed E-state index contributed by atoms with van der Waals surface area (Å²) in [6.45, 7) is 7.72. The Bertz CT molecular complexity index is 1440. The van der Waals surface area contributed by atoms with Gasteiger partial charge in [-0.2, -0.15) is 8.78 Å². The second kappa shape index (κ2) is 15.8. The van der Waals surface area contributed by atoms with Crippen LogP contribution in [-0.2, 0) is 29.9 Å². The molecule has 0 bridgehead atoms. The molecule has 1 saturated heterocycles. The van der Waals surface area contributed by atoms with Crippen LogP contribution in [0.3, 0.4) is 0 Å². The summed E-state index contributed by atoms with van der Waals surface area (Å²) in [6, 6.07) is 3.00. The third kappa shape index (κ3) is 9.11. The van der Waals surface area contributed by atoms with E-state index in [4.69, 9.17) is 4.84 Å². The number of carbonyl (C=O) groups is 4. The van der Waals surface area contributed by atoms with Gasteiger partial charge in [0.25, 0.3) is 5.91 Å². The van der Waals surface area contributed by atoms with Gasteiger partial charge >= 0.3 is 11.8 Å². The van der Waals surface area contributed by atoms with Gasteiger partial charge in [0, 0.05) is 31.6 Å². The molecular formula is C33H44F3N5O6S. The van der Waals surface area contributed by atoms with Crippen LogP contribution in [0, 0.1) is 17.7 Å². The van der Waals surface area contributed by atoms with Crippen molar-refractivity contribution in [2.75, 3.05) is 18.4 Å². The molecule has 3 atom stereocenters. The minimum atomic E-state index is -3.94. The summed E-state index contributed by atoms with van der Waals surface area (Å²) >= 11 is 0.598. The molecule has 2 aliphatic rings. The first-order valence-electron chi connectivity index (χ1n) is 16.3. The fourth-order valence-corrected chi connectivity index (χ4v) is 6.61. The second-order valence-corrected chi connectivity index (χ2v) is 14.1. The molecule has 2 aromatic rings. The summed E-state index contributed by atoms with van der Waals surface area (Å²) < 4.78 is 44.8. The Hall–Kier alpha value is -3.56. The van der Waals surface area contributed by atoms with Gasteiger partial charge in [0.05, 0.1) is 16.8 Å². The number of benzene rings is 1. The number of halogens is 3. The molecule has 264 valence electrons. The SMILES string of the molecule is CCC(=O)N[C@@H](C(=O)N1CCC(C)(O)CC1)[C@@H](C)c1ccc(NC(=O)C(ONC(=O)C(F)(F)c2cncs2)[C@H]2CC[C@H](C)CC2)c(F)c1. The van der Waals surface area contributed by atoms with Gasteiger partial charge in [-0.15, -0.1) is 11.3 Å². The van der Waals surface area contributed by atoms with E-state index in [2.05, 4.69) is 22.5 Å². The van der Waals surface area contributed by atoms with E-state index < -0.39 is 58.0 Å². The molecule has 2 fully saturated rings. The predicted octanol–water partition coefficient (Wildman–Crippen LogP) is 4.63. The molecule has 0 spiro atoms. The summed E-state index contributed by atoms with van der Waals surface area (Å²) in [4.78, 5) is 61.7. The van der Waals surface area contributed by atoms with Crippen molar-refractivity contribution < 1.29 is 42.3 Å². The van der Waals surface area contributed by atoms with Crippen LogP contribution in [-0.4, -0.2) is 69.5 Å². The van der Waals surface area contributed by atoms with Crippen LogP contribution >= 0.6 is 11.3 Å². The topological polar surface area (TPSA) is 150 Å². The summed E-state index contributed by atoms with van der Waals surface area (Å²) in [7, 11) is 0. The Morgan fingerprint density at radius 1 is 1.17 bits per heavy atom. The maximum absolute atomic E-state index is 15.5. The number of nitrogens with zero attached hydrogens (tertiary/aromatic N) is 2. The Balaban J connectivity index is 1.49. The van der Waals surface area contributed by atoms with Gasteiger partial charge in [-0.1, -0.05) is 39.7 Å². The summed E-state index contributed by atoms with van der Waals surface area (Å²) in [6.07, 6.45) is 2.98. The van der Waals surface area contributed by atoms with Gasteiger partial charge in [-0.25, -0.2) is 9.87 Å². The highest BCUT2D eigenvalue weighted by Crippen LogP contribution is 2.34. The molecule has 48 heavy (non-hydrogen) atoms. The number of amides is 4. The summed E-state index contributed by atoms with van der Waals surface area (Å²) in [5.74, 6) is -8.73. The van der Waals surface area contributed by atoms with Crippen LogP contribution in [0.2, 0.25) is 0 Å². The Kier molecular flexibility index (Phi) is 12.2. The second-order valence-electron chi connectivity index (χ2n) is 13.2. The van der Waals surface area contributed by atoms with Gasteiger partial charge in [-0.3, -0.25) is 29.0 Å². The number of aliphatic hydroxyl groups is 1. The van der Waals surface area contributed by atoms with Crippen LogP contribution in [0.25, 0.3) is 0 Å². The third-order valence-corrected chi connectivity index (χ3v) is 10.2. The molecule has 1 aromatic heterocycles. The van der Waals surface area contributed by atoms with Gasteiger partial charge in [0.15, 0.2) is 6.10 Å². The minimum Gasteiger partial charge on any atom is -0.390 e. The average Bonchev–Trinajstić information content (AvgIpc) is 3.61. The Labute approximate surface area is 282 Å². The molecule has 15 heteroatoms. The zero-order valence-electron chi connectivity index (χ0n) is 27.6. The molecule has 1 aromatic carbocycles. The zero-order chi connectivity index (χ0) is 35.2. The predicted molar refractivity (Wildman–Crippen MR) is 172 cm³/mol. The molecule has 4 amide bonds. The number of rotatable bonds is 12. The first-order chi connectivity index (χ1) is 22.6. The van der Waals surface area contributed by atoms with Crippen molar-refractivity contribution in [2.45, 2.75) is 102 Å². The number of anilines is 1. The highest BCUT2D eigenvalue weighted by molar-refractivity contribution is 7.09. The highest BCUT2D eigenvalue weighted by atomic mass is 32.1. The molecule has 11 nitrogen and oxygen atoms in total. The third-order valence-electron chi connectivity index (χ3n) is 9.39. The zero-order valence-corrected chi connectivity index (χ0v) is 28.4. The number of hydroxylamine groups is 1. The van der Waals surface area contributed by atoms with Crippen molar-refractivity contribution in [1.29, 1.82) is 0 Å². The lowest BCUT2D eigenvalue weighted by Crippen LogP contribution is -2.54. The molecule has 4 N–H and O–H groups in total. The molecule has 1 saturated carbocycles. The minimum absolute atomic E-state index is 0.136. The van der Waals surface area contributed by atoms with Crippen LogP contribution < -0.4 is 16.1 Å². The van der Waals surface area contributed by atoms with Gasteiger partial charge in [0.1, 0.15) is 16.7 Å². The van der Waals surface area contributed by atoms with Crippen molar-refractivity contribution in [3.8, 4) is 0 Å². The van der Waals surface area contributed by atoms with Crippen LogP contribution in [0.4, 0.5) is 18.9 Å². The van der Waals surface area contributed by atoms with Crippen molar-refractivity contribution in [1.82, 2.24) is 20.7 Å². The number of hydrogen-bond donors (Lipinski definition) is 4. The molecule has 4 rings (SSSR count). The van der Waals surface area contributed by atoms with Crippen molar-refractivity contribution in [3.63, 3.8) is 0 Å². The van der Waals surface area contributed by atoms with Gasteiger partial charge < -0.3 is 20.6 Å². The smallest absolute Gasteiger partial charge is 0.362 e. The van der Waals surface area contributed by atoms with Crippen molar-refractivity contribution >= 4 is 40.7 Å². The molecule has 1 unspecified atom stereocenters. The normalized spacial score (nSPS) is 21.5. The highest BCUT2D eigenvalue weighted by Gasteiger charge is 2.44. The maximum atomic E-state index is 15.5. The first-order valence-corrected chi connectivity index (χ1v) is 17.1. The average molecular weight is 696 g/mol. The van der Waals surface area contributed by atoms with Gasteiger partial charge in [-0.05, 0) is 62.1 Å². The van der Waals surface area contributed by atoms with E-state index in [0.29, 0.717) is 61.6 Å². The Morgan fingerprint density at radius 2 is 1.83 bits per heavy atom. The number of nitrogens with one attached hydrogen (secondary N) is 3. The molecule has 1 aliphatic carbocycles. The number of thiazole rings is 1. The Morgan fingerprint density at radius 3 is 2.42 bits per heavy atom. The largest absolute Gasteiger partial charge is 0.390 e. The summed E-state index contributed by atoms with van der Waals surface area (Å²) in [5, 5.41) is 15.5. The number of carbonyl (C=O) groups excluding carboxylic acids is 4. The lowest BCUT2D eigenvalue weighted by Gasteiger charge is -2.38. The number of aromatic nitrogens is 1. The van der Waals surface area contributed by atoms with E-state index in [1.165, 1.54) is 12.1 Å². The standard InChI is InChI=1S/C33H44F3N5O6S/c1-5-26(42)39-27(30(44)41-14-12-32(4,46)13-15-41)20(3)22-10-11-24(23(34)16-22)38-29(43)28(21-8-6-19(2)7-9-21)47-40-31(45)33(35,36)25-17-37-18-48-25/h10-11,16-21,27-28,46H,5-9,12-15H2,1-4H3,(H,38,43)(H,39,42)(H,40,45)/t19-,20-,21-,27+,28?/m0/s1. The van der Waals surface area contributed by atoms with Crippen LogP contribution in [0.5, 0.6) is 0 Å². The number of hydrogen-bond acceptors (Lipinski definition) is 8. The van der Waals surface area contributed by atoms with Crippen LogP contribution in [0.15, 0.2) is 29.9 Å². The monoisotopic (exact) mass is 695 g/mol. The van der Waals surface area contributed by atoms with Crippen LogP contribution in [0.1, 0.15) is 89.0 Å². The quantitative estimate of drug-likeness (QED) is 0.237. The lowest BCUT2D eigenvalue weighted by atomic mass is 9.80. The van der Waals surface area contributed by atoms with E-state index >= 15 is 4.39 Å². The number of likely N-dealkylation sites (tertiary alicyclic amines) is 1. The van der Waals surface area contributed by atoms with E-state index in [1.54, 1.807) is 31.2 Å². The summed E-state index contributed by atoms with van der Waals surface area (Å²) in [5.41, 5.74) is 2.20. The lowest BCUT2D eigenvalue weighted by molar-refractivity contribution is -0.170. The molecule has 0 radical (unpaired) electrons. The number of alkyl halides is 2. The molecule has 1 aliphatic heterocycles. The van der Waals surface area contributed by atoms with Gasteiger partial charge in [0.2, 0.25) is 11.8 Å². The van der Waals surface area contributed by atoms with E-state index in [9.17, 15) is 33.1 Å². The van der Waals surface area contributed by atoms with E-state index in [-0.39, 0.29) is 23.9 Å². The van der Waals surface area contributed by atoms with Crippen molar-refractivity contribution in [3.05, 3.63) is 46.2 Å². The van der Waals surface area contributed by atoms with Crippen molar-refractivity contribution in [2.24, 2.45) is 11.8 Å². The first kappa shape index (κ1) is 37.3.